The lowest BCUT2D eigenvalue weighted by Gasteiger charge is -1.99. The summed E-state index contributed by atoms with van der Waals surface area (Å²) >= 11 is 5.80. The molecule has 16 heavy (non-hydrogen) atoms. The fraction of sp³-hybridized carbons (Fsp3) is 0. The molecule has 0 saturated carbocycles. The van der Waals surface area contributed by atoms with Crippen molar-refractivity contribution in [2.24, 2.45) is 0 Å². The highest BCUT2D eigenvalue weighted by atomic mass is 35.5. The van der Waals surface area contributed by atoms with Crippen molar-refractivity contribution in [1.29, 1.82) is 0 Å². The Kier molecular flexibility index (Phi) is 6.50. The molecule has 0 spiro atoms. The molecule has 0 bridgehead atoms. The molecule has 0 fully saturated rings. The summed E-state index contributed by atoms with van der Waals surface area (Å²) < 4.78 is 0. The van der Waals surface area contributed by atoms with Crippen LogP contribution in [-0.4, -0.2) is 18.2 Å². The molecule has 2 rings (SSSR count). The van der Waals surface area contributed by atoms with Crippen molar-refractivity contribution in [1.82, 2.24) is 0 Å². The maximum Gasteiger partial charge on any atom is 0.191 e. The van der Waals surface area contributed by atoms with Gasteiger partial charge in [-0.25, -0.2) is 0 Å². The van der Waals surface area contributed by atoms with Gasteiger partial charge >= 0.3 is 0 Å². The molecule has 0 amide bonds. The predicted molar refractivity (Wildman–Crippen MR) is 70.1 cm³/mol. The van der Waals surface area contributed by atoms with Crippen LogP contribution in [0.2, 0.25) is 5.02 Å². The molecule has 0 atom stereocenters. The maximum absolute atomic E-state index is 5.80. The van der Waals surface area contributed by atoms with Gasteiger partial charge in [0.05, 0.1) is 0 Å². The molecule has 4 N–H and O–H groups in total. The summed E-state index contributed by atoms with van der Waals surface area (Å²) in [5.74, 6) is 0. The van der Waals surface area contributed by atoms with Crippen molar-refractivity contribution in [3.8, 4) is 0 Å². The van der Waals surface area contributed by atoms with Crippen molar-refractivity contribution in [2.75, 3.05) is 0 Å². The summed E-state index contributed by atoms with van der Waals surface area (Å²) in [5, 5.41) is 0.773. The van der Waals surface area contributed by atoms with Crippen LogP contribution in [0.5, 0.6) is 0 Å². The van der Waals surface area contributed by atoms with Gasteiger partial charge in [0, 0.05) is 5.02 Å². The molecule has 2 nitrogen and oxygen atoms in total. The lowest BCUT2D eigenvalue weighted by molar-refractivity contribution is 0.823. The number of benzene rings is 2. The highest BCUT2D eigenvalue weighted by Gasteiger charge is 1.97. The molecular weight excluding hydrogens is 222 g/mol. The van der Waals surface area contributed by atoms with Crippen LogP contribution in [0.15, 0.2) is 54.6 Å². The molecular formula is C12H13BClO2. The molecule has 0 aliphatic rings. The van der Waals surface area contributed by atoms with Gasteiger partial charge in [0.1, 0.15) is 0 Å². The first-order valence-electron chi connectivity index (χ1n) is 4.50. The zero-order valence-electron chi connectivity index (χ0n) is 8.65. The molecule has 0 aliphatic carbocycles. The van der Waals surface area contributed by atoms with Crippen LogP contribution in [0.1, 0.15) is 0 Å². The van der Waals surface area contributed by atoms with Gasteiger partial charge in [0.25, 0.3) is 0 Å². The number of hydrogen-bond donors (Lipinski definition) is 0. The molecule has 0 aromatic heterocycles. The number of halogens is 1. The zero-order chi connectivity index (χ0) is 9.80. The van der Waals surface area contributed by atoms with Crippen LogP contribution in [0.25, 0.3) is 0 Å². The quantitative estimate of drug-likeness (QED) is 0.674. The van der Waals surface area contributed by atoms with E-state index in [-0.39, 0.29) is 11.0 Å². The Bertz CT molecular complexity index is 403. The van der Waals surface area contributed by atoms with E-state index in [9.17, 15) is 0 Å². The lowest BCUT2D eigenvalue weighted by atomic mass is 9.64. The summed E-state index contributed by atoms with van der Waals surface area (Å²) in [4.78, 5) is 0. The van der Waals surface area contributed by atoms with E-state index in [1.807, 2.05) is 42.5 Å². The normalized spacial score (nSPS) is 8.56. The molecule has 0 aliphatic heterocycles. The van der Waals surface area contributed by atoms with Gasteiger partial charge in [0.2, 0.25) is 0 Å². The van der Waals surface area contributed by atoms with Crippen LogP contribution >= 0.6 is 11.6 Å². The van der Waals surface area contributed by atoms with Crippen molar-refractivity contribution < 1.29 is 11.0 Å². The third-order valence-electron chi connectivity index (χ3n) is 2.00. The number of rotatable bonds is 2. The minimum absolute atomic E-state index is 0. The average Bonchev–Trinajstić information content (AvgIpc) is 2.23. The summed E-state index contributed by atoms with van der Waals surface area (Å²) in [5.41, 5.74) is 2.37. The van der Waals surface area contributed by atoms with Gasteiger partial charge in [0.15, 0.2) is 7.28 Å². The van der Waals surface area contributed by atoms with E-state index in [4.69, 9.17) is 11.6 Å². The predicted octanol–water partition coefficient (Wildman–Crippen LogP) is 0.346. The van der Waals surface area contributed by atoms with Gasteiger partial charge in [-0.1, -0.05) is 65.0 Å². The monoisotopic (exact) mass is 235 g/mol. The van der Waals surface area contributed by atoms with Gasteiger partial charge < -0.3 is 11.0 Å². The summed E-state index contributed by atoms with van der Waals surface area (Å²) in [7, 11) is 2.12. The minimum Gasteiger partial charge on any atom is -0.412 e. The topological polar surface area (TPSA) is 63.0 Å². The highest BCUT2D eigenvalue weighted by molar-refractivity contribution is 6.67. The first kappa shape index (κ1) is 14.7. The first-order valence-corrected chi connectivity index (χ1v) is 4.88. The van der Waals surface area contributed by atoms with Crippen molar-refractivity contribution in [3.05, 3.63) is 59.6 Å². The summed E-state index contributed by atoms with van der Waals surface area (Å²) in [6.07, 6.45) is 0. The molecule has 0 unspecified atom stereocenters. The van der Waals surface area contributed by atoms with Crippen molar-refractivity contribution in [2.45, 2.75) is 0 Å². The first-order chi connectivity index (χ1) is 6.84. The Morgan fingerprint density at radius 1 is 0.688 bits per heavy atom. The standard InChI is InChI=1S/C12H9BCl.2H2O/c14-12-8-6-11(7-9-12)13-10-4-2-1-3-5-10;;/h1-9H;2*1H2. The van der Waals surface area contributed by atoms with Crippen LogP contribution in [0.3, 0.4) is 0 Å². The summed E-state index contributed by atoms with van der Waals surface area (Å²) in [6, 6.07) is 18.0. The van der Waals surface area contributed by atoms with E-state index >= 15 is 0 Å². The third kappa shape index (κ3) is 4.07. The zero-order valence-corrected chi connectivity index (χ0v) is 9.41. The second-order valence-electron chi connectivity index (χ2n) is 3.11. The fourth-order valence-corrected chi connectivity index (χ4v) is 1.43. The van der Waals surface area contributed by atoms with Crippen LogP contribution in [0.4, 0.5) is 0 Å². The van der Waals surface area contributed by atoms with Crippen molar-refractivity contribution in [3.63, 3.8) is 0 Å². The van der Waals surface area contributed by atoms with Gasteiger partial charge in [-0.15, -0.1) is 0 Å². The van der Waals surface area contributed by atoms with E-state index in [2.05, 4.69) is 19.4 Å². The van der Waals surface area contributed by atoms with Crippen LogP contribution < -0.4 is 10.9 Å². The van der Waals surface area contributed by atoms with E-state index in [0.717, 1.165) is 5.02 Å². The Balaban J connectivity index is 0.00000112. The smallest absolute Gasteiger partial charge is 0.191 e. The van der Waals surface area contributed by atoms with Crippen LogP contribution in [0, 0.1) is 0 Å². The Hall–Kier alpha value is -1.29. The molecule has 0 saturated heterocycles. The molecule has 83 valence electrons. The Morgan fingerprint density at radius 2 is 1.19 bits per heavy atom. The highest BCUT2D eigenvalue weighted by Crippen LogP contribution is 2.03. The van der Waals surface area contributed by atoms with Gasteiger partial charge in [-0.05, 0) is 12.1 Å². The molecule has 2 aromatic rings. The second-order valence-corrected chi connectivity index (χ2v) is 3.54. The van der Waals surface area contributed by atoms with Gasteiger partial charge in [-0.3, -0.25) is 0 Å². The molecule has 0 heterocycles. The third-order valence-corrected chi connectivity index (χ3v) is 2.25. The average molecular weight is 235 g/mol. The number of hydrogen-bond acceptors (Lipinski definition) is 0. The summed E-state index contributed by atoms with van der Waals surface area (Å²) in [6.45, 7) is 0. The Morgan fingerprint density at radius 3 is 1.75 bits per heavy atom. The van der Waals surface area contributed by atoms with Crippen LogP contribution in [-0.2, 0) is 0 Å². The van der Waals surface area contributed by atoms with E-state index in [1.165, 1.54) is 10.9 Å². The van der Waals surface area contributed by atoms with Gasteiger partial charge in [-0.2, -0.15) is 0 Å². The molecule has 2 aromatic carbocycles. The second kappa shape index (κ2) is 7.07. The SMILES string of the molecule is Clc1ccc([B]c2ccccc2)cc1.O.O. The van der Waals surface area contributed by atoms with E-state index in [1.54, 1.807) is 0 Å². The molecule has 1 radical (unpaired) electrons. The largest absolute Gasteiger partial charge is 0.412 e. The van der Waals surface area contributed by atoms with E-state index in [0.29, 0.717) is 0 Å². The lowest BCUT2D eigenvalue weighted by Crippen LogP contribution is -2.26. The fourth-order valence-electron chi connectivity index (χ4n) is 1.30. The Labute approximate surface area is 101 Å². The minimum atomic E-state index is 0. The molecule has 4 heteroatoms. The maximum atomic E-state index is 5.80. The van der Waals surface area contributed by atoms with E-state index < -0.39 is 0 Å². The van der Waals surface area contributed by atoms with Crippen molar-refractivity contribution >= 4 is 29.8 Å².